The van der Waals surface area contributed by atoms with Crippen molar-refractivity contribution in [2.45, 2.75) is 18.8 Å². The normalized spacial score (nSPS) is 12.8. The van der Waals surface area contributed by atoms with Gasteiger partial charge in [-0.25, -0.2) is 9.37 Å². The number of benzene rings is 1. The first-order valence-electron chi connectivity index (χ1n) is 6.44. The van der Waals surface area contributed by atoms with Gasteiger partial charge in [0.05, 0.1) is 33.7 Å². The summed E-state index contributed by atoms with van der Waals surface area (Å²) in [6.07, 6.45) is 1.72. The smallest absolute Gasteiger partial charge is 0.144 e. The van der Waals surface area contributed by atoms with Crippen molar-refractivity contribution < 1.29 is 4.39 Å². The fourth-order valence-corrected chi connectivity index (χ4v) is 2.77. The molecule has 0 aliphatic carbocycles. The van der Waals surface area contributed by atoms with Crippen LogP contribution in [0.4, 0.5) is 4.39 Å². The maximum absolute atomic E-state index is 13.8. The third kappa shape index (κ3) is 2.49. The molecule has 0 radical (unpaired) electrons. The van der Waals surface area contributed by atoms with Gasteiger partial charge in [0.1, 0.15) is 11.6 Å². The van der Waals surface area contributed by atoms with Crippen LogP contribution in [0.2, 0.25) is 5.02 Å². The minimum atomic E-state index is -0.473. The molecule has 3 rings (SSSR count). The zero-order valence-electron chi connectivity index (χ0n) is 11.2. The van der Waals surface area contributed by atoms with Gasteiger partial charge in [0.15, 0.2) is 0 Å². The van der Waals surface area contributed by atoms with Gasteiger partial charge >= 0.3 is 0 Å². The highest BCUT2D eigenvalue weighted by Gasteiger charge is 2.19. The second-order valence-corrected chi connectivity index (χ2v) is 5.39. The van der Waals surface area contributed by atoms with E-state index >= 15 is 0 Å². The standard InChI is InChI=1S/C15H12Cl2FN3/c1-9(12-4-2-3-5-19-12)21-14-7-11(18)10(17)6-13(14)20-15(21)8-16/h2-7,9H,8H2,1H3. The third-order valence-electron chi connectivity index (χ3n) is 3.43. The van der Waals surface area contributed by atoms with E-state index in [1.807, 2.05) is 29.7 Å². The average molecular weight is 324 g/mol. The molecule has 3 aromatic rings. The molecule has 21 heavy (non-hydrogen) atoms. The molecular weight excluding hydrogens is 312 g/mol. The van der Waals surface area contributed by atoms with E-state index in [-0.39, 0.29) is 16.9 Å². The number of aromatic nitrogens is 3. The highest BCUT2D eigenvalue weighted by molar-refractivity contribution is 6.31. The van der Waals surface area contributed by atoms with E-state index < -0.39 is 5.82 Å². The van der Waals surface area contributed by atoms with Gasteiger partial charge in [-0.3, -0.25) is 4.98 Å². The molecule has 3 nitrogen and oxygen atoms in total. The molecule has 0 bridgehead atoms. The molecule has 0 amide bonds. The predicted octanol–water partition coefficient (Wildman–Crippen LogP) is 4.57. The molecule has 0 aliphatic rings. The van der Waals surface area contributed by atoms with Gasteiger partial charge in [-0.2, -0.15) is 0 Å². The Morgan fingerprint density at radius 3 is 2.81 bits per heavy atom. The van der Waals surface area contributed by atoms with E-state index in [2.05, 4.69) is 9.97 Å². The number of hydrogen-bond acceptors (Lipinski definition) is 2. The first kappa shape index (κ1) is 14.3. The number of rotatable bonds is 3. The molecule has 1 unspecified atom stereocenters. The van der Waals surface area contributed by atoms with Gasteiger partial charge in [0.2, 0.25) is 0 Å². The molecule has 0 spiro atoms. The summed E-state index contributed by atoms with van der Waals surface area (Å²) >= 11 is 11.8. The number of pyridine rings is 1. The lowest BCUT2D eigenvalue weighted by atomic mass is 10.2. The van der Waals surface area contributed by atoms with Crippen molar-refractivity contribution >= 4 is 34.2 Å². The van der Waals surface area contributed by atoms with E-state index in [1.165, 1.54) is 12.1 Å². The topological polar surface area (TPSA) is 30.7 Å². The highest BCUT2D eigenvalue weighted by Crippen LogP contribution is 2.29. The van der Waals surface area contributed by atoms with Crippen LogP contribution in [-0.4, -0.2) is 14.5 Å². The minimum absolute atomic E-state index is 0.0544. The lowest BCUT2D eigenvalue weighted by molar-refractivity contribution is 0.608. The van der Waals surface area contributed by atoms with E-state index in [0.29, 0.717) is 16.9 Å². The zero-order valence-corrected chi connectivity index (χ0v) is 12.7. The fourth-order valence-electron chi connectivity index (χ4n) is 2.42. The molecule has 108 valence electrons. The summed E-state index contributed by atoms with van der Waals surface area (Å²) in [7, 11) is 0. The highest BCUT2D eigenvalue weighted by atomic mass is 35.5. The van der Waals surface area contributed by atoms with Crippen molar-refractivity contribution in [3.05, 3.63) is 58.9 Å². The van der Waals surface area contributed by atoms with Crippen LogP contribution in [0, 0.1) is 5.82 Å². The Hall–Kier alpha value is -1.65. The van der Waals surface area contributed by atoms with Crippen molar-refractivity contribution in [2.75, 3.05) is 0 Å². The lowest BCUT2D eigenvalue weighted by Gasteiger charge is -2.16. The maximum Gasteiger partial charge on any atom is 0.144 e. The first-order valence-corrected chi connectivity index (χ1v) is 7.36. The van der Waals surface area contributed by atoms with Gasteiger partial charge in [-0.1, -0.05) is 17.7 Å². The van der Waals surface area contributed by atoms with Crippen LogP contribution < -0.4 is 0 Å². The quantitative estimate of drug-likeness (QED) is 0.661. The summed E-state index contributed by atoms with van der Waals surface area (Å²) in [6.45, 7) is 1.98. The third-order valence-corrected chi connectivity index (χ3v) is 3.96. The number of imidazole rings is 1. The Morgan fingerprint density at radius 1 is 1.33 bits per heavy atom. The van der Waals surface area contributed by atoms with Gasteiger partial charge in [0.25, 0.3) is 0 Å². The van der Waals surface area contributed by atoms with Gasteiger partial charge in [-0.15, -0.1) is 11.6 Å². The molecule has 0 saturated heterocycles. The first-order chi connectivity index (χ1) is 10.1. The number of fused-ring (bicyclic) bond motifs is 1. The summed E-state index contributed by atoms with van der Waals surface area (Å²) in [5.41, 5.74) is 2.14. The number of halogens is 3. The second-order valence-electron chi connectivity index (χ2n) is 4.72. The van der Waals surface area contributed by atoms with E-state index in [4.69, 9.17) is 23.2 Å². The molecule has 2 heterocycles. The Bertz CT molecular complexity index is 786. The van der Waals surface area contributed by atoms with E-state index in [1.54, 1.807) is 6.20 Å². The Kier molecular flexibility index (Phi) is 3.83. The van der Waals surface area contributed by atoms with Crippen LogP contribution in [0.1, 0.15) is 24.5 Å². The van der Waals surface area contributed by atoms with Crippen molar-refractivity contribution in [1.82, 2.24) is 14.5 Å². The van der Waals surface area contributed by atoms with Crippen LogP contribution in [-0.2, 0) is 5.88 Å². The summed E-state index contributed by atoms with van der Waals surface area (Å²) < 4.78 is 15.7. The number of nitrogens with zero attached hydrogens (tertiary/aromatic N) is 3. The molecule has 0 aliphatic heterocycles. The Labute approximate surface area is 131 Å². The molecule has 6 heteroatoms. The van der Waals surface area contributed by atoms with Crippen molar-refractivity contribution in [3.8, 4) is 0 Å². The maximum atomic E-state index is 13.8. The summed E-state index contributed by atoms with van der Waals surface area (Å²) in [5, 5.41) is 0.0544. The van der Waals surface area contributed by atoms with Gasteiger partial charge in [0, 0.05) is 12.3 Å². The SMILES string of the molecule is CC(c1ccccn1)n1c(CCl)nc2cc(Cl)c(F)cc21. The predicted molar refractivity (Wildman–Crippen MR) is 82.3 cm³/mol. The second kappa shape index (κ2) is 5.62. The fraction of sp³-hybridized carbons (Fsp3) is 0.200. The van der Waals surface area contributed by atoms with Crippen molar-refractivity contribution in [1.29, 1.82) is 0 Å². The Balaban J connectivity index is 2.23. The molecule has 0 N–H and O–H groups in total. The Morgan fingerprint density at radius 2 is 2.14 bits per heavy atom. The number of hydrogen-bond donors (Lipinski definition) is 0. The summed E-state index contributed by atoms with van der Waals surface area (Å²) in [4.78, 5) is 8.78. The molecule has 1 aromatic carbocycles. The van der Waals surface area contributed by atoms with Crippen molar-refractivity contribution in [3.63, 3.8) is 0 Å². The molecule has 2 aromatic heterocycles. The minimum Gasteiger partial charge on any atom is -0.318 e. The molecule has 0 saturated carbocycles. The van der Waals surface area contributed by atoms with Crippen LogP contribution in [0.3, 0.4) is 0 Å². The van der Waals surface area contributed by atoms with Crippen molar-refractivity contribution in [2.24, 2.45) is 0 Å². The average Bonchev–Trinajstić information content (AvgIpc) is 2.85. The monoisotopic (exact) mass is 323 g/mol. The van der Waals surface area contributed by atoms with Crippen LogP contribution in [0.25, 0.3) is 11.0 Å². The van der Waals surface area contributed by atoms with Crippen LogP contribution in [0.5, 0.6) is 0 Å². The lowest BCUT2D eigenvalue weighted by Crippen LogP contribution is -2.11. The molecule has 1 atom stereocenters. The van der Waals surface area contributed by atoms with E-state index in [0.717, 1.165) is 5.69 Å². The number of alkyl halides is 1. The van der Waals surface area contributed by atoms with Gasteiger partial charge < -0.3 is 4.57 Å². The van der Waals surface area contributed by atoms with Crippen LogP contribution in [0.15, 0.2) is 36.5 Å². The van der Waals surface area contributed by atoms with Crippen LogP contribution >= 0.6 is 23.2 Å². The summed E-state index contributed by atoms with van der Waals surface area (Å²) in [6, 6.07) is 8.48. The largest absolute Gasteiger partial charge is 0.318 e. The molecule has 0 fully saturated rings. The van der Waals surface area contributed by atoms with Gasteiger partial charge in [-0.05, 0) is 25.1 Å². The summed E-state index contributed by atoms with van der Waals surface area (Å²) in [5.74, 6) is 0.414. The van der Waals surface area contributed by atoms with E-state index in [9.17, 15) is 4.39 Å². The zero-order chi connectivity index (χ0) is 15.0. The molecular formula is C15H12Cl2FN3.